The van der Waals surface area contributed by atoms with Gasteiger partial charge in [0.15, 0.2) is 18.1 Å². The van der Waals surface area contributed by atoms with Gasteiger partial charge in [0.1, 0.15) is 0 Å². The number of pyridine rings is 1. The molecule has 0 aliphatic carbocycles. The number of carbonyl (C=O) groups is 1. The Morgan fingerprint density at radius 1 is 1.50 bits per heavy atom. The number of nitrogens with zero attached hydrogens (tertiary/aromatic N) is 2. The highest BCUT2D eigenvalue weighted by atomic mass is 16.1. The molecule has 0 aliphatic rings. The first-order valence-corrected chi connectivity index (χ1v) is 3.23. The molecule has 0 radical (unpaired) electrons. The van der Waals surface area contributed by atoms with Crippen molar-refractivity contribution in [3.63, 3.8) is 0 Å². The molecule has 12 heavy (non-hydrogen) atoms. The van der Waals surface area contributed by atoms with Crippen LogP contribution in [0.2, 0.25) is 0 Å². The van der Waals surface area contributed by atoms with Crippen molar-refractivity contribution >= 4 is 18.1 Å². The van der Waals surface area contributed by atoms with Gasteiger partial charge in [-0.1, -0.05) is 0 Å². The zero-order chi connectivity index (χ0) is 8.97. The first kappa shape index (κ1) is 8.19. The van der Waals surface area contributed by atoms with Gasteiger partial charge >= 0.3 is 0 Å². The highest BCUT2D eigenvalue weighted by molar-refractivity contribution is 5.79. The maximum atomic E-state index is 10.2. The summed E-state index contributed by atoms with van der Waals surface area (Å²) in [6.07, 6.45) is 2.10. The summed E-state index contributed by atoms with van der Waals surface area (Å²) < 4.78 is 0. The summed E-state index contributed by atoms with van der Waals surface area (Å²) in [6, 6.07) is 3.14. The maximum Gasteiger partial charge on any atom is 0.192 e. The van der Waals surface area contributed by atoms with Crippen molar-refractivity contribution in [1.29, 1.82) is 0 Å². The molecule has 0 bridgehead atoms. The van der Waals surface area contributed by atoms with Crippen molar-refractivity contribution in [3.8, 4) is 0 Å². The fraction of sp³-hybridized carbons (Fsp3) is 0. The summed E-state index contributed by atoms with van der Waals surface area (Å²) in [5.74, 6) is 0.335. The van der Waals surface area contributed by atoms with Crippen LogP contribution in [0.3, 0.4) is 0 Å². The van der Waals surface area contributed by atoms with Gasteiger partial charge in [-0.15, -0.1) is 0 Å². The Hall–Kier alpha value is -1.91. The Morgan fingerprint density at radius 2 is 2.25 bits per heavy atom. The third-order valence-corrected chi connectivity index (χ3v) is 1.15. The molecule has 5 heteroatoms. The van der Waals surface area contributed by atoms with Crippen LogP contribution < -0.4 is 11.5 Å². The Labute approximate surface area is 69.1 Å². The topological polar surface area (TPSA) is 94.4 Å². The molecule has 0 fully saturated rings. The van der Waals surface area contributed by atoms with E-state index < -0.39 is 0 Å². The van der Waals surface area contributed by atoms with E-state index in [0.29, 0.717) is 17.7 Å². The van der Waals surface area contributed by atoms with E-state index in [-0.39, 0.29) is 5.96 Å². The van der Waals surface area contributed by atoms with Gasteiger partial charge in [0, 0.05) is 11.8 Å². The molecule has 1 rings (SSSR count). The van der Waals surface area contributed by atoms with Crippen LogP contribution in [0.25, 0.3) is 0 Å². The van der Waals surface area contributed by atoms with Crippen LogP contribution in [0, 0.1) is 0 Å². The molecule has 0 unspecified atom stereocenters. The maximum absolute atomic E-state index is 10.2. The molecule has 0 aromatic carbocycles. The second-order valence-electron chi connectivity index (χ2n) is 2.10. The van der Waals surface area contributed by atoms with Gasteiger partial charge in [-0.3, -0.25) is 4.79 Å². The number of guanidine groups is 1. The highest BCUT2D eigenvalue weighted by Gasteiger charge is 1.92. The molecule has 62 valence electrons. The summed E-state index contributed by atoms with van der Waals surface area (Å²) in [5.41, 5.74) is 10.7. The zero-order valence-corrected chi connectivity index (χ0v) is 6.27. The normalized spacial score (nSPS) is 9.00. The summed E-state index contributed by atoms with van der Waals surface area (Å²) in [4.78, 5) is 17.7. The van der Waals surface area contributed by atoms with E-state index >= 15 is 0 Å². The van der Waals surface area contributed by atoms with Crippen LogP contribution in [0.4, 0.5) is 5.82 Å². The molecule has 1 heterocycles. The predicted molar refractivity (Wildman–Crippen MR) is 45.1 cm³/mol. The average Bonchev–Trinajstić information content (AvgIpc) is 2.05. The van der Waals surface area contributed by atoms with Gasteiger partial charge in [0.2, 0.25) is 0 Å². The van der Waals surface area contributed by atoms with E-state index in [1.54, 1.807) is 12.1 Å². The van der Waals surface area contributed by atoms with Crippen LogP contribution in [0.5, 0.6) is 0 Å². The number of nitrogens with two attached hydrogens (primary N) is 2. The minimum atomic E-state index is -0.0543. The number of carbonyl (C=O) groups excluding carboxylic acids is 1. The monoisotopic (exact) mass is 164 g/mol. The molecule has 0 saturated carbocycles. The van der Waals surface area contributed by atoms with Gasteiger partial charge in [-0.05, 0) is 12.1 Å². The van der Waals surface area contributed by atoms with Crippen molar-refractivity contribution < 1.29 is 4.79 Å². The molecule has 1 aromatic heterocycles. The van der Waals surface area contributed by atoms with Crippen LogP contribution in [0.15, 0.2) is 23.3 Å². The summed E-state index contributed by atoms with van der Waals surface area (Å²) in [7, 11) is 0. The molecule has 5 nitrogen and oxygen atoms in total. The zero-order valence-electron chi connectivity index (χ0n) is 6.27. The van der Waals surface area contributed by atoms with Gasteiger partial charge in [0.25, 0.3) is 0 Å². The second-order valence-corrected chi connectivity index (χ2v) is 2.10. The first-order chi connectivity index (χ1) is 5.72. The molecule has 0 saturated heterocycles. The number of aliphatic imine (C=N–C) groups is 1. The van der Waals surface area contributed by atoms with Crippen LogP contribution >= 0.6 is 0 Å². The second kappa shape index (κ2) is 3.47. The summed E-state index contributed by atoms with van der Waals surface area (Å²) >= 11 is 0. The average molecular weight is 164 g/mol. The SMILES string of the molecule is NC(N)=Nc1ccc(C=O)cn1. The molecule has 1 aromatic rings. The van der Waals surface area contributed by atoms with Gasteiger partial charge < -0.3 is 11.5 Å². The fourth-order valence-electron chi connectivity index (χ4n) is 0.666. The first-order valence-electron chi connectivity index (χ1n) is 3.23. The predicted octanol–water partition coefficient (Wildman–Crippen LogP) is -0.201. The van der Waals surface area contributed by atoms with Crippen LogP contribution in [0.1, 0.15) is 10.4 Å². The number of aromatic nitrogens is 1. The number of aldehydes is 1. The molecule has 0 spiro atoms. The largest absolute Gasteiger partial charge is 0.370 e. The minimum Gasteiger partial charge on any atom is -0.370 e. The van der Waals surface area contributed by atoms with Crippen molar-refractivity contribution in [2.24, 2.45) is 16.5 Å². The lowest BCUT2D eigenvalue weighted by molar-refractivity contribution is 0.112. The van der Waals surface area contributed by atoms with E-state index in [4.69, 9.17) is 11.5 Å². The van der Waals surface area contributed by atoms with Crippen LogP contribution in [-0.4, -0.2) is 17.2 Å². The van der Waals surface area contributed by atoms with E-state index in [1.165, 1.54) is 6.20 Å². The molecular weight excluding hydrogens is 156 g/mol. The van der Waals surface area contributed by atoms with Crippen molar-refractivity contribution in [2.75, 3.05) is 0 Å². The number of hydrogen-bond acceptors (Lipinski definition) is 3. The highest BCUT2D eigenvalue weighted by Crippen LogP contribution is 2.05. The Kier molecular flexibility index (Phi) is 2.37. The Morgan fingerprint density at radius 3 is 2.67 bits per heavy atom. The minimum absolute atomic E-state index is 0.0543. The van der Waals surface area contributed by atoms with Crippen molar-refractivity contribution in [2.45, 2.75) is 0 Å². The van der Waals surface area contributed by atoms with Gasteiger partial charge in [0.05, 0.1) is 0 Å². The molecular formula is C7H8N4O. The van der Waals surface area contributed by atoms with E-state index in [1.807, 2.05) is 0 Å². The lowest BCUT2D eigenvalue weighted by atomic mass is 10.3. The third-order valence-electron chi connectivity index (χ3n) is 1.15. The lowest BCUT2D eigenvalue weighted by Gasteiger charge is -1.93. The molecule has 0 amide bonds. The smallest absolute Gasteiger partial charge is 0.192 e. The Balaban J connectivity index is 2.92. The fourth-order valence-corrected chi connectivity index (χ4v) is 0.666. The number of rotatable bonds is 2. The van der Waals surface area contributed by atoms with Gasteiger partial charge in [-0.25, -0.2) is 4.98 Å². The van der Waals surface area contributed by atoms with Crippen molar-refractivity contribution in [1.82, 2.24) is 4.98 Å². The quantitative estimate of drug-likeness (QED) is 0.359. The van der Waals surface area contributed by atoms with E-state index in [9.17, 15) is 4.79 Å². The molecule has 0 atom stereocenters. The lowest BCUT2D eigenvalue weighted by Crippen LogP contribution is -2.22. The van der Waals surface area contributed by atoms with Crippen molar-refractivity contribution in [3.05, 3.63) is 23.9 Å². The number of hydrogen-bond donors (Lipinski definition) is 2. The summed E-state index contributed by atoms with van der Waals surface area (Å²) in [6.45, 7) is 0. The van der Waals surface area contributed by atoms with Gasteiger partial charge in [-0.2, -0.15) is 4.99 Å². The van der Waals surface area contributed by atoms with Crippen LogP contribution in [-0.2, 0) is 0 Å². The van der Waals surface area contributed by atoms with E-state index in [0.717, 1.165) is 0 Å². The van der Waals surface area contributed by atoms with E-state index in [2.05, 4.69) is 9.98 Å². The Bertz CT molecular complexity index is 300. The third kappa shape index (κ3) is 2.05. The molecule has 0 aliphatic heterocycles. The standard InChI is InChI=1S/C7H8N4O/c8-7(9)11-6-2-1-5(4-12)3-10-6/h1-4H,(H4,8,9,10,11). The summed E-state index contributed by atoms with van der Waals surface area (Å²) in [5, 5.41) is 0. The molecule has 4 N–H and O–H groups in total.